The SMILES string of the molecule is O=C(O)C(Cl)(Cl)C(Cl)Cl. The van der Waals surface area contributed by atoms with Gasteiger partial charge in [-0.15, -0.1) is 23.2 Å². The van der Waals surface area contributed by atoms with Crippen molar-refractivity contribution in [3.63, 3.8) is 0 Å². The predicted molar refractivity (Wildman–Crippen MR) is 37.6 cm³/mol. The molecule has 6 heteroatoms. The number of aliphatic carboxylic acids is 1. The number of hydrogen-bond acceptors (Lipinski definition) is 1. The summed E-state index contributed by atoms with van der Waals surface area (Å²) in [6, 6.07) is 0. The Bertz CT molecular complexity index is 121. The molecule has 2 nitrogen and oxygen atoms in total. The number of carboxylic acid groups (broad SMARTS) is 1. The summed E-state index contributed by atoms with van der Waals surface area (Å²) in [5.74, 6) is -1.46. The van der Waals surface area contributed by atoms with E-state index >= 15 is 0 Å². The lowest BCUT2D eigenvalue weighted by Crippen LogP contribution is -2.32. The molecule has 1 N–H and O–H groups in total. The highest BCUT2D eigenvalue weighted by atomic mass is 35.5. The van der Waals surface area contributed by atoms with Gasteiger partial charge in [-0.05, 0) is 0 Å². The largest absolute Gasteiger partial charge is 0.479 e. The van der Waals surface area contributed by atoms with Crippen LogP contribution in [0, 0.1) is 0 Å². The fourth-order valence-electron chi connectivity index (χ4n) is 0.0933. The zero-order valence-electron chi connectivity index (χ0n) is 3.94. The predicted octanol–water partition coefficient (Wildman–Crippen LogP) is 2.05. The second-order valence-electron chi connectivity index (χ2n) is 1.23. The number of carbonyl (C=O) groups is 1. The van der Waals surface area contributed by atoms with Gasteiger partial charge in [0.25, 0.3) is 0 Å². The fourth-order valence-corrected chi connectivity index (χ4v) is 0.280. The number of halogens is 4. The van der Waals surface area contributed by atoms with Crippen molar-refractivity contribution in [2.45, 2.75) is 9.17 Å². The molecule has 0 rings (SSSR count). The minimum atomic E-state index is -2.11. The van der Waals surface area contributed by atoms with Gasteiger partial charge >= 0.3 is 5.97 Å². The standard InChI is InChI=1S/C3H2Cl4O2/c4-1(5)3(6,7)2(8)9/h1H,(H,8,9). The average molecular weight is 212 g/mol. The van der Waals surface area contributed by atoms with E-state index < -0.39 is 15.1 Å². The third-order valence-electron chi connectivity index (χ3n) is 0.559. The van der Waals surface area contributed by atoms with Gasteiger partial charge in [-0.2, -0.15) is 0 Å². The molecule has 0 spiro atoms. The van der Waals surface area contributed by atoms with Crippen LogP contribution in [0.1, 0.15) is 0 Å². The molecule has 0 aromatic heterocycles. The Labute approximate surface area is 71.6 Å². The summed E-state index contributed by atoms with van der Waals surface area (Å²) in [5, 5.41) is 8.18. The summed E-state index contributed by atoms with van der Waals surface area (Å²) >= 11 is 20.4. The van der Waals surface area contributed by atoms with E-state index in [0.717, 1.165) is 0 Å². The highest BCUT2D eigenvalue weighted by Gasteiger charge is 2.40. The average Bonchev–Trinajstić information content (AvgIpc) is 1.65. The van der Waals surface area contributed by atoms with Crippen molar-refractivity contribution in [3.8, 4) is 0 Å². The number of carboxylic acids is 1. The van der Waals surface area contributed by atoms with Crippen LogP contribution in [0.25, 0.3) is 0 Å². The zero-order chi connectivity index (χ0) is 7.65. The van der Waals surface area contributed by atoms with Crippen molar-refractivity contribution >= 4 is 52.4 Å². The van der Waals surface area contributed by atoms with Crippen LogP contribution in [0.5, 0.6) is 0 Å². The Hall–Kier alpha value is 0.630. The van der Waals surface area contributed by atoms with E-state index in [1.54, 1.807) is 0 Å². The van der Waals surface area contributed by atoms with Gasteiger partial charge in [0.05, 0.1) is 0 Å². The first kappa shape index (κ1) is 9.63. The lowest BCUT2D eigenvalue weighted by Gasteiger charge is -2.13. The van der Waals surface area contributed by atoms with Crippen LogP contribution >= 0.6 is 46.4 Å². The zero-order valence-corrected chi connectivity index (χ0v) is 6.97. The molecule has 0 aromatic rings. The number of alkyl halides is 4. The summed E-state index contributed by atoms with van der Waals surface area (Å²) in [5.41, 5.74) is 0. The second kappa shape index (κ2) is 3.15. The monoisotopic (exact) mass is 210 g/mol. The Kier molecular flexibility index (Phi) is 3.37. The molecular formula is C3H2Cl4O2. The molecule has 9 heavy (non-hydrogen) atoms. The van der Waals surface area contributed by atoms with Gasteiger partial charge < -0.3 is 5.11 Å². The Balaban J connectivity index is 4.19. The Morgan fingerprint density at radius 2 is 1.78 bits per heavy atom. The van der Waals surface area contributed by atoms with E-state index in [0.29, 0.717) is 0 Å². The first-order chi connectivity index (χ1) is 3.89. The first-order valence-corrected chi connectivity index (χ1v) is 3.41. The van der Waals surface area contributed by atoms with Crippen LogP contribution in [0.3, 0.4) is 0 Å². The van der Waals surface area contributed by atoms with E-state index in [9.17, 15) is 4.79 Å². The number of hydrogen-bond donors (Lipinski definition) is 1. The molecule has 0 aromatic carbocycles. The summed E-state index contributed by atoms with van der Waals surface area (Å²) in [7, 11) is 0. The maximum atomic E-state index is 10.0. The van der Waals surface area contributed by atoms with E-state index in [4.69, 9.17) is 51.5 Å². The Morgan fingerprint density at radius 1 is 1.44 bits per heavy atom. The normalized spacial score (nSPS) is 12.1. The van der Waals surface area contributed by atoms with Crippen molar-refractivity contribution < 1.29 is 9.90 Å². The van der Waals surface area contributed by atoms with Crippen molar-refractivity contribution in [1.82, 2.24) is 0 Å². The molecule has 0 aliphatic carbocycles. The molecule has 0 aliphatic heterocycles. The van der Waals surface area contributed by atoms with Crippen LogP contribution in [0.2, 0.25) is 0 Å². The van der Waals surface area contributed by atoms with Gasteiger partial charge in [-0.25, -0.2) is 4.79 Å². The lowest BCUT2D eigenvalue weighted by atomic mass is 10.5. The molecule has 0 bridgehead atoms. The highest BCUT2D eigenvalue weighted by Crippen LogP contribution is 2.31. The topological polar surface area (TPSA) is 37.3 Å². The van der Waals surface area contributed by atoms with Crippen molar-refractivity contribution in [3.05, 3.63) is 0 Å². The summed E-state index contributed by atoms with van der Waals surface area (Å²) in [6.45, 7) is 0. The van der Waals surface area contributed by atoms with Crippen LogP contribution < -0.4 is 0 Å². The Morgan fingerprint density at radius 3 is 1.78 bits per heavy atom. The minimum absolute atomic E-state index is 1.33. The van der Waals surface area contributed by atoms with Crippen LogP contribution in [0.4, 0.5) is 0 Å². The fraction of sp³-hybridized carbons (Fsp3) is 0.667. The molecule has 0 saturated heterocycles. The first-order valence-electron chi connectivity index (χ1n) is 1.78. The number of rotatable bonds is 2. The van der Waals surface area contributed by atoms with Gasteiger partial charge in [0.15, 0.2) is 4.84 Å². The van der Waals surface area contributed by atoms with Gasteiger partial charge in [0.2, 0.25) is 4.33 Å². The lowest BCUT2D eigenvalue weighted by molar-refractivity contribution is -0.137. The van der Waals surface area contributed by atoms with Crippen LogP contribution in [-0.4, -0.2) is 20.2 Å². The molecule has 0 fully saturated rings. The summed E-state index contributed by atoms with van der Waals surface area (Å²) in [6.07, 6.45) is 0. The molecule has 0 aliphatic rings. The maximum Gasteiger partial charge on any atom is 0.343 e. The second-order valence-corrected chi connectivity index (χ2v) is 3.71. The van der Waals surface area contributed by atoms with Gasteiger partial charge in [-0.3, -0.25) is 0 Å². The maximum absolute atomic E-state index is 10.0. The summed E-state index contributed by atoms with van der Waals surface area (Å²) < 4.78 is -2.11. The van der Waals surface area contributed by atoms with Gasteiger partial charge in [-0.1, -0.05) is 23.2 Å². The summed E-state index contributed by atoms with van der Waals surface area (Å²) in [4.78, 5) is 8.69. The third-order valence-corrected chi connectivity index (χ3v) is 2.42. The van der Waals surface area contributed by atoms with Crippen molar-refractivity contribution in [2.75, 3.05) is 0 Å². The quantitative estimate of drug-likeness (QED) is 0.711. The van der Waals surface area contributed by atoms with E-state index in [-0.39, 0.29) is 0 Å². The van der Waals surface area contributed by atoms with Crippen molar-refractivity contribution in [2.24, 2.45) is 0 Å². The molecule has 54 valence electrons. The molecule has 0 saturated carbocycles. The minimum Gasteiger partial charge on any atom is -0.479 e. The smallest absolute Gasteiger partial charge is 0.343 e. The van der Waals surface area contributed by atoms with Crippen LogP contribution in [-0.2, 0) is 4.79 Å². The van der Waals surface area contributed by atoms with Gasteiger partial charge in [0, 0.05) is 0 Å². The van der Waals surface area contributed by atoms with Crippen molar-refractivity contribution in [1.29, 1.82) is 0 Å². The van der Waals surface area contributed by atoms with E-state index in [1.807, 2.05) is 0 Å². The molecular weight excluding hydrogens is 210 g/mol. The molecule has 0 amide bonds. The van der Waals surface area contributed by atoms with Gasteiger partial charge in [0.1, 0.15) is 0 Å². The van der Waals surface area contributed by atoms with E-state index in [1.165, 1.54) is 0 Å². The molecule has 0 heterocycles. The molecule has 0 radical (unpaired) electrons. The van der Waals surface area contributed by atoms with E-state index in [2.05, 4.69) is 0 Å². The highest BCUT2D eigenvalue weighted by molar-refractivity contribution is 6.66. The molecule has 0 atom stereocenters. The van der Waals surface area contributed by atoms with Crippen LogP contribution in [0.15, 0.2) is 0 Å². The third kappa shape index (κ3) is 2.38. The molecule has 0 unspecified atom stereocenters.